The Labute approximate surface area is 85.5 Å². The molecule has 0 saturated heterocycles. The van der Waals surface area contributed by atoms with Crippen molar-refractivity contribution in [2.75, 3.05) is 26.9 Å². The molecule has 0 aromatic carbocycles. The molecule has 0 aliphatic carbocycles. The number of methoxy groups -OCH3 is 1. The van der Waals surface area contributed by atoms with E-state index in [0.29, 0.717) is 0 Å². The van der Waals surface area contributed by atoms with Crippen LogP contribution in [-0.2, 0) is 11.3 Å². The molecular weight excluding hydrogens is 178 g/mol. The number of hydrogen-bond donors (Lipinski definition) is 0. The maximum atomic E-state index is 5.09. The first-order valence-electron chi connectivity index (χ1n) is 5.04. The first kappa shape index (κ1) is 11.2. The largest absolute Gasteiger partial charge is 0.369 e. The topological polar surface area (TPSA) is 30.3 Å². The Morgan fingerprint density at radius 2 is 2.36 bits per heavy atom. The second kappa shape index (κ2) is 6.56. The Bertz CT molecular complexity index is 223. The number of aromatic nitrogens is 2. The Hall–Kier alpha value is -0.870. The SMILES string of the molecule is CCN(CCCn1ccnc1)COC. The number of imidazole rings is 1. The van der Waals surface area contributed by atoms with E-state index in [1.807, 2.05) is 18.7 Å². The number of nitrogens with zero attached hydrogens (tertiary/aromatic N) is 3. The van der Waals surface area contributed by atoms with Gasteiger partial charge in [-0.15, -0.1) is 0 Å². The summed E-state index contributed by atoms with van der Waals surface area (Å²) in [5, 5.41) is 0. The van der Waals surface area contributed by atoms with Crippen LogP contribution in [0.3, 0.4) is 0 Å². The maximum absolute atomic E-state index is 5.09. The molecule has 0 aliphatic rings. The molecule has 0 N–H and O–H groups in total. The van der Waals surface area contributed by atoms with Gasteiger partial charge in [-0.1, -0.05) is 6.92 Å². The summed E-state index contributed by atoms with van der Waals surface area (Å²) >= 11 is 0. The van der Waals surface area contributed by atoms with Gasteiger partial charge in [0.05, 0.1) is 13.1 Å². The second-order valence-corrected chi connectivity index (χ2v) is 3.28. The van der Waals surface area contributed by atoms with Crippen molar-refractivity contribution in [2.24, 2.45) is 0 Å². The van der Waals surface area contributed by atoms with Crippen molar-refractivity contribution in [3.05, 3.63) is 18.7 Å². The highest BCUT2D eigenvalue weighted by molar-refractivity contribution is 4.73. The molecule has 0 bridgehead atoms. The van der Waals surface area contributed by atoms with Gasteiger partial charge in [-0.05, 0) is 13.0 Å². The van der Waals surface area contributed by atoms with Crippen molar-refractivity contribution >= 4 is 0 Å². The lowest BCUT2D eigenvalue weighted by Crippen LogP contribution is -2.27. The molecule has 4 nitrogen and oxygen atoms in total. The van der Waals surface area contributed by atoms with Gasteiger partial charge in [-0.3, -0.25) is 4.90 Å². The first-order chi connectivity index (χ1) is 6.86. The van der Waals surface area contributed by atoms with E-state index in [9.17, 15) is 0 Å². The zero-order chi connectivity index (χ0) is 10.2. The van der Waals surface area contributed by atoms with Crippen LogP contribution >= 0.6 is 0 Å². The van der Waals surface area contributed by atoms with E-state index >= 15 is 0 Å². The van der Waals surface area contributed by atoms with E-state index in [-0.39, 0.29) is 0 Å². The van der Waals surface area contributed by atoms with E-state index in [4.69, 9.17) is 4.74 Å². The second-order valence-electron chi connectivity index (χ2n) is 3.28. The quantitative estimate of drug-likeness (QED) is 0.615. The van der Waals surface area contributed by atoms with Gasteiger partial charge >= 0.3 is 0 Å². The molecule has 4 heteroatoms. The van der Waals surface area contributed by atoms with Crippen LogP contribution in [0.15, 0.2) is 18.7 Å². The summed E-state index contributed by atoms with van der Waals surface area (Å²) in [4.78, 5) is 6.28. The molecule has 80 valence electrons. The zero-order valence-corrected chi connectivity index (χ0v) is 9.02. The minimum Gasteiger partial charge on any atom is -0.369 e. The van der Waals surface area contributed by atoms with Crippen molar-refractivity contribution in [2.45, 2.75) is 19.9 Å². The summed E-state index contributed by atoms with van der Waals surface area (Å²) in [5.41, 5.74) is 0. The van der Waals surface area contributed by atoms with Gasteiger partial charge in [0.1, 0.15) is 0 Å². The van der Waals surface area contributed by atoms with Crippen molar-refractivity contribution in [1.29, 1.82) is 0 Å². The van der Waals surface area contributed by atoms with E-state index in [2.05, 4.69) is 21.4 Å². The molecule has 1 aromatic rings. The Balaban J connectivity index is 2.13. The van der Waals surface area contributed by atoms with E-state index in [0.717, 1.165) is 32.8 Å². The molecule has 0 radical (unpaired) electrons. The average molecular weight is 197 g/mol. The number of rotatable bonds is 7. The molecule has 0 spiro atoms. The van der Waals surface area contributed by atoms with Crippen LogP contribution in [-0.4, -0.2) is 41.4 Å². The van der Waals surface area contributed by atoms with Crippen LogP contribution in [0.5, 0.6) is 0 Å². The lowest BCUT2D eigenvalue weighted by Gasteiger charge is -2.18. The molecule has 0 atom stereocenters. The van der Waals surface area contributed by atoms with Gasteiger partial charge in [-0.25, -0.2) is 4.98 Å². The number of hydrogen-bond acceptors (Lipinski definition) is 3. The lowest BCUT2D eigenvalue weighted by atomic mass is 10.4. The summed E-state index contributed by atoms with van der Waals surface area (Å²) in [7, 11) is 1.73. The van der Waals surface area contributed by atoms with Crippen LogP contribution < -0.4 is 0 Å². The van der Waals surface area contributed by atoms with Crippen molar-refractivity contribution in [3.63, 3.8) is 0 Å². The third-order valence-corrected chi connectivity index (χ3v) is 2.21. The lowest BCUT2D eigenvalue weighted by molar-refractivity contribution is 0.0655. The number of ether oxygens (including phenoxy) is 1. The smallest absolute Gasteiger partial charge is 0.0986 e. The van der Waals surface area contributed by atoms with Gasteiger partial charge < -0.3 is 9.30 Å². The molecule has 0 aliphatic heterocycles. The van der Waals surface area contributed by atoms with Gasteiger partial charge in [0.25, 0.3) is 0 Å². The first-order valence-corrected chi connectivity index (χ1v) is 5.04. The Morgan fingerprint density at radius 3 is 2.93 bits per heavy atom. The molecule has 14 heavy (non-hydrogen) atoms. The van der Waals surface area contributed by atoms with E-state index in [1.165, 1.54) is 0 Å². The van der Waals surface area contributed by atoms with Crippen molar-refractivity contribution in [3.8, 4) is 0 Å². The molecule has 1 rings (SSSR count). The minimum absolute atomic E-state index is 0.723. The molecule has 0 unspecified atom stereocenters. The van der Waals surface area contributed by atoms with Crippen LogP contribution in [0.1, 0.15) is 13.3 Å². The van der Waals surface area contributed by atoms with Gasteiger partial charge in [-0.2, -0.15) is 0 Å². The summed E-state index contributed by atoms with van der Waals surface area (Å²) in [6.07, 6.45) is 6.79. The van der Waals surface area contributed by atoms with Crippen LogP contribution in [0, 0.1) is 0 Å². The molecule has 0 saturated carbocycles. The molecule has 0 amide bonds. The van der Waals surface area contributed by atoms with Crippen LogP contribution in [0.2, 0.25) is 0 Å². The van der Waals surface area contributed by atoms with Crippen LogP contribution in [0.4, 0.5) is 0 Å². The minimum atomic E-state index is 0.723. The highest BCUT2D eigenvalue weighted by Crippen LogP contribution is 1.95. The van der Waals surface area contributed by atoms with Gasteiger partial charge in [0.2, 0.25) is 0 Å². The van der Waals surface area contributed by atoms with Crippen LogP contribution in [0.25, 0.3) is 0 Å². The van der Waals surface area contributed by atoms with Gasteiger partial charge in [0.15, 0.2) is 0 Å². The molecular formula is C10H19N3O. The molecule has 1 heterocycles. The van der Waals surface area contributed by atoms with E-state index < -0.39 is 0 Å². The standard InChI is InChI=1S/C10H19N3O/c1-3-12(10-14-2)6-4-7-13-8-5-11-9-13/h5,8-9H,3-4,6-7,10H2,1-2H3. The molecule has 0 fully saturated rings. The molecule has 1 aromatic heterocycles. The van der Waals surface area contributed by atoms with E-state index in [1.54, 1.807) is 7.11 Å². The summed E-state index contributed by atoms with van der Waals surface area (Å²) in [6, 6.07) is 0. The summed E-state index contributed by atoms with van der Waals surface area (Å²) in [5.74, 6) is 0. The summed E-state index contributed by atoms with van der Waals surface area (Å²) < 4.78 is 7.19. The summed E-state index contributed by atoms with van der Waals surface area (Å²) in [6.45, 7) is 6.01. The Morgan fingerprint density at radius 1 is 1.50 bits per heavy atom. The highest BCUT2D eigenvalue weighted by Gasteiger charge is 2.00. The fraction of sp³-hybridized carbons (Fsp3) is 0.700. The fourth-order valence-corrected chi connectivity index (χ4v) is 1.39. The third kappa shape index (κ3) is 3.89. The number of aryl methyl sites for hydroxylation is 1. The average Bonchev–Trinajstić information content (AvgIpc) is 2.69. The zero-order valence-electron chi connectivity index (χ0n) is 9.02. The normalized spacial score (nSPS) is 11.1. The van der Waals surface area contributed by atoms with Gasteiger partial charge in [0, 0.05) is 32.6 Å². The monoisotopic (exact) mass is 197 g/mol. The predicted molar refractivity (Wildman–Crippen MR) is 56.0 cm³/mol. The van der Waals surface area contributed by atoms with Crippen molar-refractivity contribution in [1.82, 2.24) is 14.5 Å². The maximum Gasteiger partial charge on any atom is 0.0986 e. The fourth-order valence-electron chi connectivity index (χ4n) is 1.39. The Kier molecular flexibility index (Phi) is 5.25. The highest BCUT2D eigenvalue weighted by atomic mass is 16.5. The predicted octanol–water partition coefficient (Wildman–Crippen LogP) is 1.20. The van der Waals surface area contributed by atoms with Crippen molar-refractivity contribution < 1.29 is 4.74 Å². The third-order valence-electron chi connectivity index (χ3n) is 2.21.